The SMILES string of the molecule is [B]c1cnc2cc(-c3cccc(C(=O)NC)c3)cnn12. The summed E-state index contributed by atoms with van der Waals surface area (Å²) < 4.78 is 1.56. The summed E-state index contributed by atoms with van der Waals surface area (Å²) in [6.45, 7) is 0. The second kappa shape index (κ2) is 4.81. The lowest BCUT2D eigenvalue weighted by Crippen LogP contribution is -2.17. The average Bonchev–Trinajstić information content (AvgIpc) is 2.87. The predicted octanol–water partition coefficient (Wildman–Crippen LogP) is 0.550. The van der Waals surface area contributed by atoms with Gasteiger partial charge in [-0.15, -0.1) is 0 Å². The van der Waals surface area contributed by atoms with E-state index >= 15 is 0 Å². The quantitative estimate of drug-likeness (QED) is 0.686. The minimum atomic E-state index is -0.119. The molecule has 0 fully saturated rings. The van der Waals surface area contributed by atoms with Gasteiger partial charge in [-0.05, 0) is 23.8 Å². The van der Waals surface area contributed by atoms with E-state index < -0.39 is 0 Å². The number of benzene rings is 1. The molecule has 96 valence electrons. The van der Waals surface area contributed by atoms with Crippen LogP contribution in [0.2, 0.25) is 0 Å². The zero-order valence-corrected chi connectivity index (χ0v) is 10.9. The second-order valence-corrected chi connectivity index (χ2v) is 4.36. The Morgan fingerprint density at radius 2 is 2.10 bits per heavy atom. The van der Waals surface area contributed by atoms with Crippen molar-refractivity contribution in [1.82, 2.24) is 19.9 Å². The molecular formula is C14H11BN4O. The van der Waals surface area contributed by atoms with Gasteiger partial charge in [-0.1, -0.05) is 12.1 Å². The van der Waals surface area contributed by atoms with Crippen LogP contribution in [0.1, 0.15) is 10.4 Å². The molecule has 0 atom stereocenters. The van der Waals surface area contributed by atoms with Crippen LogP contribution in [0.3, 0.4) is 0 Å². The second-order valence-electron chi connectivity index (χ2n) is 4.36. The lowest BCUT2D eigenvalue weighted by molar-refractivity contribution is 0.0963. The number of aromatic nitrogens is 3. The molecule has 2 aromatic heterocycles. The molecule has 0 aliphatic carbocycles. The first-order chi connectivity index (χ1) is 9.69. The van der Waals surface area contributed by atoms with E-state index in [0.29, 0.717) is 16.8 Å². The van der Waals surface area contributed by atoms with Crippen molar-refractivity contribution in [3.05, 3.63) is 48.3 Å². The summed E-state index contributed by atoms with van der Waals surface area (Å²) in [5.41, 5.74) is 3.56. The first-order valence-electron chi connectivity index (χ1n) is 6.11. The number of rotatable bonds is 2. The summed E-state index contributed by atoms with van der Waals surface area (Å²) in [5.74, 6) is -0.119. The van der Waals surface area contributed by atoms with Gasteiger partial charge in [0.15, 0.2) is 5.65 Å². The molecule has 0 aliphatic rings. The Bertz CT molecular complexity index is 797. The Morgan fingerprint density at radius 3 is 2.90 bits per heavy atom. The van der Waals surface area contributed by atoms with E-state index in [4.69, 9.17) is 7.85 Å². The molecule has 6 heteroatoms. The Morgan fingerprint density at radius 1 is 1.25 bits per heavy atom. The van der Waals surface area contributed by atoms with E-state index in [1.165, 1.54) is 0 Å². The maximum absolute atomic E-state index is 11.7. The van der Waals surface area contributed by atoms with Crippen LogP contribution in [0.15, 0.2) is 42.7 Å². The highest BCUT2D eigenvalue weighted by Gasteiger charge is 2.07. The van der Waals surface area contributed by atoms with Crippen molar-refractivity contribution in [3.63, 3.8) is 0 Å². The fourth-order valence-electron chi connectivity index (χ4n) is 2.04. The van der Waals surface area contributed by atoms with Crippen LogP contribution < -0.4 is 10.9 Å². The molecule has 3 rings (SSSR count). The summed E-state index contributed by atoms with van der Waals surface area (Å²) >= 11 is 0. The summed E-state index contributed by atoms with van der Waals surface area (Å²) in [6, 6.07) is 9.23. The number of carbonyl (C=O) groups is 1. The van der Waals surface area contributed by atoms with Crippen LogP contribution >= 0.6 is 0 Å². The molecule has 2 heterocycles. The lowest BCUT2D eigenvalue weighted by Gasteiger charge is -2.05. The molecular weight excluding hydrogens is 251 g/mol. The highest BCUT2D eigenvalue weighted by atomic mass is 16.1. The number of imidazole rings is 1. The van der Waals surface area contributed by atoms with Crippen molar-refractivity contribution in [2.45, 2.75) is 0 Å². The molecule has 0 aliphatic heterocycles. The number of carbonyl (C=O) groups excluding carboxylic acids is 1. The highest BCUT2D eigenvalue weighted by Crippen LogP contribution is 2.20. The third-order valence-corrected chi connectivity index (χ3v) is 3.07. The van der Waals surface area contributed by atoms with Gasteiger partial charge < -0.3 is 5.32 Å². The molecule has 1 aromatic carbocycles. The first-order valence-corrected chi connectivity index (χ1v) is 6.11. The average molecular weight is 262 g/mol. The van der Waals surface area contributed by atoms with E-state index in [9.17, 15) is 4.79 Å². The van der Waals surface area contributed by atoms with Crippen molar-refractivity contribution in [1.29, 1.82) is 0 Å². The Labute approximate surface area is 117 Å². The van der Waals surface area contributed by atoms with Crippen molar-refractivity contribution in [2.75, 3.05) is 7.05 Å². The van der Waals surface area contributed by atoms with Gasteiger partial charge >= 0.3 is 0 Å². The minimum Gasteiger partial charge on any atom is -0.355 e. The van der Waals surface area contributed by atoms with Crippen LogP contribution in [-0.2, 0) is 0 Å². The van der Waals surface area contributed by atoms with Gasteiger partial charge in [0, 0.05) is 30.0 Å². The maximum Gasteiger partial charge on any atom is 0.251 e. The number of hydrogen-bond donors (Lipinski definition) is 1. The number of nitrogens with one attached hydrogen (secondary N) is 1. The van der Waals surface area contributed by atoms with E-state index in [1.54, 1.807) is 30.0 Å². The molecule has 5 nitrogen and oxygen atoms in total. The molecule has 20 heavy (non-hydrogen) atoms. The van der Waals surface area contributed by atoms with E-state index in [1.807, 2.05) is 24.3 Å². The predicted molar refractivity (Wildman–Crippen MR) is 77.2 cm³/mol. The van der Waals surface area contributed by atoms with Crippen molar-refractivity contribution < 1.29 is 4.79 Å². The molecule has 3 aromatic rings. The molecule has 2 radical (unpaired) electrons. The highest BCUT2D eigenvalue weighted by molar-refractivity contribution is 6.31. The summed E-state index contributed by atoms with van der Waals surface area (Å²) in [5, 5.41) is 6.85. The Balaban J connectivity index is 2.08. The van der Waals surface area contributed by atoms with Crippen molar-refractivity contribution >= 4 is 25.0 Å². The van der Waals surface area contributed by atoms with Crippen LogP contribution in [-0.4, -0.2) is 35.4 Å². The topological polar surface area (TPSA) is 59.3 Å². The van der Waals surface area contributed by atoms with Gasteiger partial charge in [-0.3, -0.25) is 4.79 Å². The van der Waals surface area contributed by atoms with E-state index in [2.05, 4.69) is 15.4 Å². The smallest absolute Gasteiger partial charge is 0.251 e. The monoisotopic (exact) mass is 262 g/mol. The Kier molecular flexibility index (Phi) is 2.98. The van der Waals surface area contributed by atoms with Crippen molar-refractivity contribution in [3.8, 4) is 11.1 Å². The summed E-state index contributed by atoms with van der Waals surface area (Å²) in [7, 11) is 7.34. The largest absolute Gasteiger partial charge is 0.355 e. The third-order valence-electron chi connectivity index (χ3n) is 3.07. The molecule has 0 saturated heterocycles. The van der Waals surface area contributed by atoms with Gasteiger partial charge in [-0.2, -0.15) is 5.10 Å². The molecule has 0 bridgehead atoms. The molecule has 0 unspecified atom stereocenters. The van der Waals surface area contributed by atoms with Gasteiger partial charge in [0.2, 0.25) is 0 Å². The molecule has 0 saturated carbocycles. The third kappa shape index (κ3) is 2.05. The molecule has 0 spiro atoms. The number of fused-ring (bicyclic) bond motifs is 1. The molecule has 1 N–H and O–H groups in total. The summed E-state index contributed by atoms with van der Waals surface area (Å²) in [6.07, 6.45) is 3.26. The normalized spacial score (nSPS) is 10.7. The van der Waals surface area contributed by atoms with Crippen molar-refractivity contribution in [2.24, 2.45) is 0 Å². The first kappa shape index (κ1) is 12.4. The zero-order chi connectivity index (χ0) is 14.1. The van der Waals surface area contributed by atoms with Gasteiger partial charge in [-0.25, -0.2) is 9.50 Å². The van der Waals surface area contributed by atoms with Gasteiger partial charge in [0.25, 0.3) is 5.91 Å². The van der Waals surface area contributed by atoms with E-state index in [0.717, 1.165) is 11.1 Å². The molecule has 1 amide bonds. The number of nitrogens with zero attached hydrogens (tertiary/aromatic N) is 3. The fourth-order valence-corrected chi connectivity index (χ4v) is 2.04. The maximum atomic E-state index is 11.7. The van der Waals surface area contributed by atoms with Gasteiger partial charge in [0.05, 0.1) is 6.20 Å². The van der Waals surface area contributed by atoms with E-state index in [-0.39, 0.29) is 5.91 Å². The van der Waals surface area contributed by atoms with Crippen LogP contribution in [0.4, 0.5) is 0 Å². The number of hydrogen-bond acceptors (Lipinski definition) is 3. The minimum absolute atomic E-state index is 0.119. The summed E-state index contributed by atoms with van der Waals surface area (Å²) in [4.78, 5) is 15.8. The van der Waals surface area contributed by atoms with Crippen LogP contribution in [0.5, 0.6) is 0 Å². The standard InChI is InChI=1S/C14H11BN4O/c1-16-14(20)10-4-2-3-9(5-10)11-6-13-17-8-12(15)19(13)18-7-11/h2-8H,1H3,(H,16,20). The Hall–Kier alpha value is -2.63. The van der Waals surface area contributed by atoms with Gasteiger partial charge in [0.1, 0.15) is 7.85 Å². The van der Waals surface area contributed by atoms with Crippen LogP contribution in [0, 0.1) is 0 Å². The fraction of sp³-hybridized carbons (Fsp3) is 0.0714. The van der Waals surface area contributed by atoms with Crippen LogP contribution in [0.25, 0.3) is 16.8 Å². The lowest BCUT2D eigenvalue weighted by atomic mass is 10.0. The number of amides is 1. The zero-order valence-electron chi connectivity index (χ0n) is 10.9.